The van der Waals surface area contributed by atoms with Gasteiger partial charge in [0.15, 0.2) is 12.2 Å². The number of rotatable bonds is 11. The topological polar surface area (TPSA) is 141 Å². The van der Waals surface area contributed by atoms with E-state index in [2.05, 4.69) is 0 Å². The summed E-state index contributed by atoms with van der Waals surface area (Å²) in [5.41, 5.74) is 0. The number of carbonyl (C=O) groups excluding carboxylic acids is 5. The molecule has 5 saturated carbocycles. The molecule has 0 radical (unpaired) electrons. The fourth-order valence-corrected chi connectivity index (χ4v) is 9.38. The van der Waals surface area contributed by atoms with E-state index >= 15 is 0 Å². The zero-order valence-electron chi connectivity index (χ0n) is 31.1. The van der Waals surface area contributed by atoms with Crippen LogP contribution in [0, 0.1) is 29.6 Å². The lowest BCUT2D eigenvalue weighted by Crippen LogP contribution is -2.64. The van der Waals surface area contributed by atoms with Crippen LogP contribution >= 0.6 is 0 Å². The third-order valence-corrected chi connectivity index (χ3v) is 12.7. The predicted molar refractivity (Wildman–Crippen MR) is 188 cm³/mol. The second-order valence-electron chi connectivity index (χ2n) is 16.5. The van der Waals surface area contributed by atoms with Gasteiger partial charge in [-0.2, -0.15) is 0 Å². The minimum absolute atomic E-state index is 0.232. The van der Waals surface area contributed by atoms with Crippen molar-refractivity contribution < 1.29 is 52.4 Å². The first-order valence-corrected chi connectivity index (χ1v) is 21.0. The van der Waals surface area contributed by atoms with Gasteiger partial charge in [0.25, 0.3) is 0 Å². The molecule has 0 unspecified atom stereocenters. The highest BCUT2D eigenvalue weighted by molar-refractivity contribution is 5.76. The number of esters is 5. The summed E-state index contributed by atoms with van der Waals surface area (Å²) in [6.45, 7) is -0.295. The summed E-state index contributed by atoms with van der Waals surface area (Å²) >= 11 is 0. The Morgan fingerprint density at radius 1 is 0.365 bits per heavy atom. The van der Waals surface area contributed by atoms with Crippen molar-refractivity contribution in [2.45, 2.75) is 191 Å². The zero-order chi connectivity index (χ0) is 36.3. The summed E-state index contributed by atoms with van der Waals surface area (Å²) in [5, 5.41) is 0. The Balaban J connectivity index is 1.32. The Hall–Kier alpha value is -2.69. The van der Waals surface area contributed by atoms with Crippen LogP contribution in [-0.4, -0.2) is 67.2 Å². The van der Waals surface area contributed by atoms with E-state index in [4.69, 9.17) is 28.4 Å². The molecular formula is C41H62O11. The van der Waals surface area contributed by atoms with Gasteiger partial charge in [-0.25, -0.2) is 0 Å². The smallest absolute Gasteiger partial charge is 0.311 e. The average molecular weight is 731 g/mol. The Morgan fingerprint density at radius 2 is 0.673 bits per heavy atom. The summed E-state index contributed by atoms with van der Waals surface area (Å²) in [6, 6.07) is 0. The van der Waals surface area contributed by atoms with Crippen LogP contribution in [-0.2, 0) is 52.4 Å². The summed E-state index contributed by atoms with van der Waals surface area (Å²) in [5.74, 6) is -3.78. The van der Waals surface area contributed by atoms with E-state index < -0.39 is 54.6 Å². The first kappa shape index (κ1) is 39.0. The van der Waals surface area contributed by atoms with Gasteiger partial charge in [-0.05, 0) is 64.2 Å². The number of hydrogen-bond donors (Lipinski definition) is 0. The second kappa shape index (κ2) is 19.6. The van der Waals surface area contributed by atoms with E-state index in [1.165, 1.54) is 0 Å². The highest BCUT2D eigenvalue weighted by atomic mass is 16.7. The molecule has 0 aromatic rings. The van der Waals surface area contributed by atoms with Gasteiger partial charge in [-0.15, -0.1) is 0 Å². The van der Waals surface area contributed by atoms with Crippen LogP contribution in [0.5, 0.6) is 0 Å². The Bertz CT molecular complexity index is 1190. The lowest BCUT2D eigenvalue weighted by Gasteiger charge is -2.45. The Kier molecular flexibility index (Phi) is 14.7. The van der Waals surface area contributed by atoms with Crippen molar-refractivity contribution >= 4 is 29.8 Å². The largest absolute Gasteiger partial charge is 0.463 e. The van der Waals surface area contributed by atoms with Crippen molar-refractivity contribution in [1.29, 1.82) is 0 Å². The van der Waals surface area contributed by atoms with Crippen molar-refractivity contribution in [3.8, 4) is 0 Å². The molecule has 0 amide bonds. The third-order valence-electron chi connectivity index (χ3n) is 12.7. The first-order valence-electron chi connectivity index (χ1n) is 21.0. The molecule has 1 heterocycles. The van der Waals surface area contributed by atoms with Gasteiger partial charge in [0.2, 0.25) is 12.4 Å². The molecule has 52 heavy (non-hydrogen) atoms. The summed E-state index contributed by atoms with van der Waals surface area (Å²) in [7, 11) is 0. The monoisotopic (exact) mass is 730 g/mol. The quantitative estimate of drug-likeness (QED) is 0.155. The third kappa shape index (κ3) is 10.5. The summed E-state index contributed by atoms with van der Waals surface area (Å²) < 4.78 is 37.3. The van der Waals surface area contributed by atoms with Crippen LogP contribution in [0.25, 0.3) is 0 Å². The molecule has 5 aliphatic carbocycles. The molecule has 6 fully saturated rings. The van der Waals surface area contributed by atoms with Crippen LogP contribution in [0.3, 0.4) is 0 Å². The van der Waals surface area contributed by atoms with E-state index in [1.54, 1.807) is 0 Å². The van der Waals surface area contributed by atoms with Crippen molar-refractivity contribution in [3.05, 3.63) is 0 Å². The lowest BCUT2D eigenvalue weighted by molar-refractivity contribution is -0.304. The predicted octanol–water partition coefficient (Wildman–Crippen LogP) is 7.43. The normalized spacial score (nSPS) is 30.5. The van der Waals surface area contributed by atoms with Gasteiger partial charge in [-0.1, -0.05) is 96.3 Å². The van der Waals surface area contributed by atoms with E-state index in [0.717, 1.165) is 109 Å². The summed E-state index contributed by atoms with van der Waals surface area (Å²) in [6.07, 6.45) is 14.8. The van der Waals surface area contributed by atoms with Crippen molar-refractivity contribution in [2.75, 3.05) is 6.61 Å². The van der Waals surface area contributed by atoms with Gasteiger partial charge in [0.05, 0.1) is 29.6 Å². The van der Waals surface area contributed by atoms with E-state index in [9.17, 15) is 24.0 Å². The van der Waals surface area contributed by atoms with Crippen molar-refractivity contribution in [3.63, 3.8) is 0 Å². The van der Waals surface area contributed by atoms with E-state index in [1.807, 2.05) is 0 Å². The van der Waals surface area contributed by atoms with Crippen LogP contribution in [0.4, 0.5) is 0 Å². The standard InChI is InChI=1S/C41H62O11/c42-36(27-16-6-1-7-17-27)47-26-32-33(49-37(43)28-18-8-2-9-19-28)34(50-38(44)29-20-10-3-11-21-29)35(51-39(45)30-22-12-4-13-23-30)41(48-32)52-40(46)31-24-14-5-15-25-31/h27-35,41H,1-26H2/t32-,33-,34+,35-,41+/m1/s1. The SMILES string of the molecule is O=C(OC[C@H]1O[C@@H](OC(=O)C2CCCCC2)[C@H](OC(=O)C2CCCCC2)[C@@H](OC(=O)C2CCCCC2)[C@@H]1OC(=O)C1CCCCC1)C1CCCCC1. The molecule has 1 saturated heterocycles. The Labute approximate surface area is 309 Å². The molecule has 0 bridgehead atoms. The molecule has 0 N–H and O–H groups in total. The number of ether oxygens (including phenoxy) is 6. The van der Waals surface area contributed by atoms with Crippen LogP contribution in [0.1, 0.15) is 161 Å². The molecular weight excluding hydrogens is 668 g/mol. The molecule has 0 aromatic heterocycles. The average Bonchev–Trinajstić information content (AvgIpc) is 3.20. The fourth-order valence-electron chi connectivity index (χ4n) is 9.38. The fraction of sp³-hybridized carbons (Fsp3) is 0.878. The molecule has 6 aliphatic rings. The maximum Gasteiger partial charge on any atom is 0.311 e. The van der Waals surface area contributed by atoms with Crippen LogP contribution < -0.4 is 0 Å². The molecule has 1 aliphatic heterocycles. The maximum absolute atomic E-state index is 14.0. The van der Waals surface area contributed by atoms with Gasteiger partial charge in [0.1, 0.15) is 12.7 Å². The second-order valence-corrected chi connectivity index (χ2v) is 16.5. The molecule has 6 rings (SSSR count). The maximum atomic E-state index is 14.0. The van der Waals surface area contributed by atoms with E-state index in [0.29, 0.717) is 51.4 Å². The minimum atomic E-state index is -1.45. The molecule has 5 atom stereocenters. The zero-order valence-corrected chi connectivity index (χ0v) is 31.1. The van der Waals surface area contributed by atoms with Gasteiger partial charge >= 0.3 is 29.8 Å². The Morgan fingerprint density at radius 3 is 1.06 bits per heavy atom. The number of hydrogen-bond acceptors (Lipinski definition) is 11. The molecule has 11 nitrogen and oxygen atoms in total. The van der Waals surface area contributed by atoms with E-state index in [-0.39, 0.29) is 42.2 Å². The lowest BCUT2D eigenvalue weighted by atomic mass is 9.88. The molecule has 0 spiro atoms. The highest BCUT2D eigenvalue weighted by Crippen LogP contribution is 2.37. The highest BCUT2D eigenvalue weighted by Gasteiger charge is 2.55. The minimum Gasteiger partial charge on any atom is -0.463 e. The number of carbonyl (C=O) groups is 5. The molecule has 292 valence electrons. The van der Waals surface area contributed by atoms with Crippen molar-refractivity contribution in [1.82, 2.24) is 0 Å². The summed E-state index contributed by atoms with van der Waals surface area (Å²) in [4.78, 5) is 68.7. The van der Waals surface area contributed by atoms with Crippen LogP contribution in [0.2, 0.25) is 0 Å². The van der Waals surface area contributed by atoms with Gasteiger partial charge in [0, 0.05) is 0 Å². The van der Waals surface area contributed by atoms with Gasteiger partial charge < -0.3 is 28.4 Å². The molecule has 0 aromatic carbocycles. The first-order chi connectivity index (χ1) is 25.4. The van der Waals surface area contributed by atoms with Gasteiger partial charge in [-0.3, -0.25) is 24.0 Å². The molecule has 11 heteroatoms. The van der Waals surface area contributed by atoms with Crippen molar-refractivity contribution in [2.24, 2.45) is 29.6 Å². The van der Waals surface area contributed by atoms with Crippen LogP contribution in [0.15, 0.2) is 0 Å².